The van der Waals surface area contributed by atoms with Crippen LogP contribution in [0.4, 0.5) is 13.2 Å². The van der Waals surface area contributed by atoms with Crippen molar-refractivity contribution in [1.82, 2.24) is 0 Å². The number of unbranched alkanes of at least 4 members (excludes halogenated alkanes) is 1. The molecule has 0 N–H and O–H groups in total. The van der Waals surface area contributed by atoms with Gasteiger partial charge in [-0.25, -0.2) is 13.2 Å². The second-order valence-electron chi connectivity index (χ2n) is 10.7. The van der Waals surface area contributed by atoms with Crippen LogP contribution in [0.25, 0.3) is 11.1 Å². The van der Waals surface area contributed by atoms with Gasteiger partial charge in [0, 0.05) is 0 Å². The highest BCUT2D eigenvalue weighted by Crippen LogP contribution is 2.43. The Balaban J connectivity index is 1.20. The van der Waals surface area contributed by atoms with E-state index in [-0.39, 0.29) is 0 Å². The van der Waals surface area contributed by atoms with E-state index in [0.717, 1.165) is 42.2 Å². The fourth-order valence-corrected chi connectivity index (χ4v) is 6.35. The van der Waals surface area contributed by atoms with Gasteiger partial charge in [0.25, 0.3) is 0 Å². The minimum absolute atomic E-state index is 0.371. The predicted octanol–water partition coefficient (Wildman–Crippen LogP) is 9.51. The normalized spacial score (nSPS) is 25.8. The minimum atomic E-state index is -1.41. The molecule has 0 radical (unpaired) electrons. The molecule has 0 spiro atoms. The van der Waals surface area contributed by atoms with E-state index in [4.69, 9.17) is 0 Å². The van der Waals surface area contributed by atoms with E-state index in [0.29, 0.717) is 11.1 Å². The van der Waals surface area contributed by atoms with Crippen molar-refractivity contribution in [1.29, 1.82) is 0 Å². The summed E-state index contributed by atoms with van der Waals surface area (Å²) in [5.41, 5.74) is 2.34. The molecule has 0 saturated heterocycles. The van der Waals surface area contributed by atoms with Crippen molar-refractivity contribution < 1.29 is 13.2 Å². The zero-order valence-electron chi connectivity index (χ0n) is 20.1. The van der Waals surface area contributed by atoms with Crippen molar-refractivity contribution in [3.05, 3.63) is 59.4 Å². The van der Waals surface area contributed by atoms with Crippen molar-refractivity contribution in [2.75, 3.05) is 0 Å². The maximum Gasteiger partial charge on any atom is 0.194 e. The Bertz CT molecular complexity index is 849. The Kier molecular flexibility index (Phi) is 8.55. The molecule has 0 atom stereocenters. The van der Waals surface area contributed by atoms with E-state index in [9.17, 15) is 13.2 Å². The molecular formula is C30H39F3. The van der Waals surface area contributed by atoms with Gasteiger partial charge in [-0.1, -0.05) is 76.1 Å². The van der Waals surface area contributed by atoms with Crippen LogP contribution < -0.4 is 0 Å². The summed E-state index contributed by atoms with van der Waals surface area (Å²) in [5, 5.41) is 0. The van der Waals surface area contributed by atoms with Crippen molar-refractivity contribution in [2.45, 2.75) is 90.4 Å². The number of rotatable bonds is 8. The van der Waals surface area contributed by atoms with Crippen LogP contribution in [0.5, 0.6) is 0 Å². The van der Waals surface area contributed by atoms with E-state index in [1.54, 1.807) is 0 Å². The van der Waals surface area contributed by atoms with E-state index in [1.165, 1.54) is 82.6 Å². The van der Waals surface area contributed by atoms with Crippen molar-refractivity contribution >= 4 is 0 Å². The predicted molar refractivity (Wildman–Crippen MR) is 130 cm³/mol. The van der Waals surface area contributed by atoms with Gasteiger partial charge in [0.05, 0.1) is 0 Å². The van der Waals surface area contributed by atoms with Crippen LogP contribution in [-0.4, -0.2) is 0 Å². The van der Waals surface area contributed by atoms with Crippen LogP contribution in [-0.2, 0) is 6.42 Å². The average molecular weight is 457 g/mol. The van der Waals surface area contributed by atoms with Gasteiger partial charge in [-0.2, -0.15) is 0 Å². The molecular weight excluding hydrogens is 417 g/mol. The summed E-state index contributed by atoms with van der Waals surface area (Å²) in [7, 11) is 0. The topological polar surface area (TPSA) is 0 Å². The SMILES string of the molecule is CCCC[C@H]1CC[C@H](C2CCC(CCc3ccc(-c4cc(F)c(F)c(F)c4)cc3)CC2)CC1. The quantitative estimate of drug-likeness (QED) is 0.347. The molecule has 2 aliphatic carbocycles. The lowest BCUT2D eigenvalue weighted by atomic mass is 9.68. The Morgan fingerprint density at radius 1 is 0.667 bits per heavy atom. The number of halogens is 3. The molecule has 4 rings (SSSR count). The van der Waals surface area contributed by atoms with Gasteiger partial charge < -0.3 is 0 Å². The summed E-state index contributed by atoms with van der Waals surface area (Å²) in [6.45, 7) is 2.30. The maximum absolute atomic E-state index is 13.5. The van der Waals surface area contributed by atoms with E-state index in [2.05, 4.69) is 6.92 Å². The molecule has 3 heteroatoms. The fourth-order valence-electron chi connectivity index (χ4n) is 6.35. The van der Waals surface area contributed by atoms with Crippen LogP contribution in [0.1, 0.15) is 89.5 Å². The molecule has 0 heterocycles. The fraction of sp³-hybridized carbons (Fsp3) is 0.600. The van der Waals surface area contributed by atoms with Gasteiger partial charge >= 0.3 is 0 Å². The standard InChI is InChI=1S/C30H39F3/c1-2-3-4-21-7-13-24(14-8-21)25-15-9-22(10-16-25)5-6-23-11-17-26(18-12-23)27-19-28(31)30(33)29(32)20-27/h11-12,17-22,24-25H,2-10,13-16H2,1H3/t21-,22?,24-,25?. The molecule has 0 aliphatic heterocycles. The monoisotopic (exact) mass is 456 g/mol. The number of hydrogen-bond donors (Lipinski definition) is 0. The van der Waals surface area contributed by atoms with Gasteiger partial charge in [0.15, 0.2) is 17.5 Å². The highest BCUT2D eigenvalue weighted by atomic mass is 19.2. The van der Waals surface area contributed by atoms with E-state index in [1.807, 2.05) is 24.3 Å². The van der Waals surface area contributed by atoms with Crippen molar-refractivity contribution in [3.8, 4) is 11.1 Å². The second-order valence-corrected chi connectivity index (χ2v) is 10.7. The van der Waals surface area contributed by atoms with Gasteiger partial charge in [0.2, 0.25) is 0 Å². The summed E-state index contributed by atoms with van der Waals surface area (Å²) in [6.07, 6.45) is 17.9. The number of benzene rings is 2. The van der Waals surface area contributed by atoms with Crippen LogP contribution in [0.2, 0.25) is 0 Å². The summed E-state index contributed by atoms with van der Waals surface area (Å²) in [6, 6.07) is 9.96. The first-order chi connectivity index (χ1) is 16.0. The van der Waals surface area contributed by atoms with Crippen LogP contribution in [0, 0.1) is 41.1 Å². The molecule has 2 aromatic carbocycles. The van der Waals surface area contributed by atoms with Gasteiger partial charge in [-0.3, -0.25) is 0 Å². The molecule has 0 amide bonds. The number of aryl methyl sites for hydroxylation is 1. The highest BCUT2D eigenvalue weighted by Gasteiger charge is 2.30. The molecule has 2 aromatic rings. The molecule has 2 saturated carbocycles. The second kappa shape index (κ2) is 11.6. The molecule has 0 unspecified atom stereocenters. The molecule has 180 valence electrons. The zero-order chi connectivity index (χ0) is 23.2. The Morgan fingerprint density at radius 3 is 1.70 bits per heavy atom. The first-order valence-electron chi connectivity index (χ1n) is 13.3. The molecule has 33 heavy (non-hydrogen) atoms. The maximum atomic E-state index is 13.5. The Morgan fingerprint density at radius 2 is 1.18 bits per heavy atom. The Hall–Kier alpha value is -1.77. The van der Waals surface area contributed by atoms with Gasteiger partial charge in [-0.05, 0) is 91.0 Å². The lowest BCUT2D eigenvalue weighted by Gasteiger charge is -2.38. The van der Waals surface area contributed by atoms with E-state index >= 15 is 0 Å². The zero-order valence-corrected chi connectivity index (χ0v) is 20.1. The minimum Gasteiger partial charge on any atom is -0.204 e. The largest absolute Gasteiger partial charge is 0.204 e. The van der Waals surface area contributed by atoms with Gasteiger partial charge in [0.1, 0.15) is 0 Å². The summed E-state index contributed by atoms with van der Waals surface area (Å²) in [5.74, 6) is 0.0713. The smallest absolute Gasteiger partial charge is 0.194 e. The third kappa shape index (κ3) is 6.43. The summed E-state index contributed by atoms with van der Waals surface area (Å²) in [4.78, 5) is 0. The first kappa shape index (κ1) is 24.4. The van der Waals surface area contributed by atoms with Crippen molar-refractivity contribution in [2.24, 2.45) is 23.7 Å². The first-order valence-corrected chi connectivity index (χ1v) is 13.3. The Labute approximate surface area is 198 Å². The lowest BCUT2D eigenvalue weighted by Crippen LogP contribution is -2.26. The van der Waals surface area contributed by atoms with Crippen molar-refractivity contribution in [3.63, 3.8) is 0 Å². The highest BCUT2D eigenvalue weighted by molar-refractivity contribution is 5.63. The van der Waals surface area contributed by atoms with Crippen LogP contribution in [0.15, 0.2) is 36.4 Å². The summed E-state index contributed by atoms with van der Waals surface area (Å²) < 4.78 is 40.3. The number of hydrogen-bond acceptors (Lipinski definition) is 0. The molecule has 2 fully saturated rings. The molecule has 2 aliphatic rings. The molecule has 0 nitrogen and oxygen atoms in total. The molecule has 0 aromatic heterocycles. The third-order valence-corrected chi connectivity index (χ3v) is 8.53. The van der Waals surface area contributed by atoms with Gasteiger partial charge in [-0.15, -0.1) is 0 Å². The lowest BCUT2D eigenvalue weighted by molar-refractivity contribution is 0.140. The van der Waals surface area contributed by atoms with Crippen LogP contribution >= 0.6 is 0 Å². The average Bonchev–Trinajstić information content (AvgIpc) is 2.85. The summed E-state index contributed by atoms with van der Waals surface area (Å²) >= 11 is 0. The van der Waals surface area contributed by atoms with Crippen LogP contribution in [0.3, 0.4) is 0 Å². The third-order valence-electron chi connectivity index (χ3n) is 8.53. The van der Waals surface area contributed by atoms with E-state index < -0.39 is 17.5 Å². The molecule has 0 bridgehead atoms.